The monoisotopic (exact) mass is 505 g/mol. The first-order chi connectivity index (χ1) is 19.3. The van der Waals surface area contributed by atoms with Gasteiger partial charge in [0.05, 0.1) is 16.9 Å². The van der Waals surface area contributed by atoms with Crippen LogP contribution in [0.2, 0.25) is 0 Å². The van der Waals surface area contributed by atoms with E-state index in [0.29, 0.717) is 0 Å². The number of benzene rings is 4. The fourth-order valence-electron chi connectivity index (χ4n) is 5.99. The average Bonchev–Trinajstić information content (AvgIpc) is 3.29. The summed E-state index contributed by atoms with van der Waals surface area (Å²) in [7, 11) is 0. The van der Waals surface area contributed by atoms with Gasteiger partial charge in [0, 0.05) is 33.5 Å². The molecule has 0 bridgehead atoms. The number of aromatic nitrogens is 3. The molecule has 0 N–H and O–H groups in total. The first-order valence-corrected chi connectivity index (χ1v) is 14.1. The first kappa shape index (κ1) is 23.6. The highest BCUT2D eigenvalue weighted by atomic mass is 15.0. The Morgan fingerprint density at radius 3 is 1.82 bits per heavy atom. The molecular weight excluding hydrogens is 474 g/mol. The van der Waals surface area contributed by atoms with Gasteiger partial charge in [-0.2, -0.15) is 0 Å². The smallest absolute Gasteiger partial charge is 0.160 e. The Balaban J connectivity index is 1.33. The zero-order valence-electron chi connectivity index (χ0n) is 22.1. The third-order valence-corrected chi connectivity index (χ3v) is 7.93. The minimum Gasteiger partial charge on any atom is -0.313 e. The van der Waals surface area contributed by atoms with Gasteiger partial charge in [0.2, 0.25) is 0 Å². The summed E-state index contributed by atoms with van der Waals surface area (Å²) in [6.07, 6.45) is 7.50. The Hall–Kier alpha value is -4.50. The van der Waals surface area contributed by atoms with Crippen LogP contribution in [-0.4, -0.2) is 14.5 Å². The van der Waals surface area contributed by atoms with Gasteiger partial charge in [0.25, 0.3) is 0 Å². The van der Waals surface area contributed by atoms with Crippen LogP contribution in [-0.2, 0) is 12.8 Å². The van der Waals surface area contributed by atoms with E-state index in [4.69, 9.17) is 9.97 Å². The van der Waals surface area contributed by atoms with E-state index in [-0.39, 0.29) is 0 Å². The second-order valence-electron chi connectivity index (χ2n) is 10.4. The maximum Gasteiger partial charge on any atom is 0.160 e. The molecule has 39 heavy (non-hydrogen) atoms. The van der Waals surface area contributed by atoms with Gasteiger partial charge in [0.15, 0.2) is 5.82 Å². The van der Waals surface area contributed by atoms with Gasteiger partial charge in [-0.05, 0) is 55.5 Å². The lowest BCUT2D eigenvalue weighted by Gasteiger charge is -2.15. The summed E-state index contributed by atoms with van der Waals surface area (Å²) < 4.78 is 2.50. The zero-order chi connectivity index (χ0) is 26.0. The van der Waals surface area contributed by atoms with Gasteiger partial charge in [-0.15, -0.1) is 0 Å². The molecule has 3 heteroatoms. The molecule has 7 rings (SSSR count). The van der Waals surface area contributed by atoms with E-state index in [1.54, 1.807) is 5.56 Å². The largest absolute Gasteiger partial charge is 0.313 e. The summed E-state index contributed by atoms with van der Waals surface area (Å²) in [4.78, 5) is 9.96. The van der Waals surface area contributed by atoms with Crippen molar-refractivity contribution in [3.8, 4) is 39.6 Å². The molecule has 2 aromatic heterocycles. The Labute approximate surface area is 229 Å². The van der Waals surface area contributed by atoms with Crippen molar-refractivity contribution >= 4 is 10.9 Å². The SMILES string of the molecule is c1ccc(-c2cc(-c3ccc(-n4c5c(c6ccccc64)CCCCCC5)cc3)nc(-c3ccccc3)n2)cc1. The lowest BCUT2D eigenvalue weighted by Crippen LogP contribution is -2.05. The molecule has 1 aliphatic rings. The summed E-state index contributed by atoms with van der Waals surface area (Å²) in [5.41, 5.74) is 10.6. The number of nitrogens with zero attached hydrogens (tertiary/aromatic N) is 3. The van der Waals surface area contributed by atoms with Crippen molar-refractivity contribution in [2.75, 3.05) is 0 Å². The van der Waals surface area contributed by atoms with E-state index in [0.717, 1.165) is 40.3 Å². The van der Waals surface area contributed by atoms with Crippen molar-refractivity contribution in [1.29, 1.82) is 0 Å². The van der Waals surface area contributed by atoms with Gasteiger partial charge in [0.1, 0.15) is 0 Å². The highest BCUT2D eigenvalue weighted by molar-refractivity contribution is 5.87. The van der Waals surface area contributed by atoms with Crippen molar-refractivity contribution in [2.24, 2.45) is 0 Å². The van der Waals surface area contributed by atoms with Gasteiger partial charge >= 0.3 is 0 Å². The van der Waals surface area contributed by atoms with Crippen molar-refractivity contribution in [1.82, 2.24) is 14.5 Å². The average molecular weight is 506 g/mol. The molecule has 190 valence electrons. The van der Waals surface area contributed by atoms with Crippen LogP contribution in [0.3, 0.4) is 0 Å². The molecule has 0 saturated carbocycles. The summed E-state index contributed by atoms with van der Waals surface area (Å²) in [6, 6.07) is 40.6. The fourth-order valence-corrected chi connectivity index (χ4v) is 5.99. The third-order valence-electron chi connectivity index (χ3n) is 7.93. The second kappa shape index (κ2) is 10.3. The number of para-hydroxylation sites is 1. The van der Waals surface area contributed by atoms with E-state index in [1.165, 1.54) is 54.4 Å². The van der Waals surface area contributed by atoms with Crippen LogP contribution in [0.15, 0.2) is 115 Å². The van der Waals surface area contributed by atoms with Crippen molar-refractivity contribution in [3.05, 3.63) is 127 Å². The maximum absolute atomic E-state index is 5.02. The van der Waals surface area contributed by atoms with E-state index in [1.807, 2.05) is 24.3 Å². The standard InChI is InChI=1S/C36H31N3/c1-2-10-19-34-30(17-9-1)31-18-11-12-20-35(31)39(34)29-23-21-27(22-24-29)33-25-32(26-13-5-3-6-14-26)37-36(38-33)28-15-7-4-8-16-28/h3-8,11-16,18,20-25H,1-2,9-10,17,19H2. The maximum atomic E-state index is 5.02. The number of hydrogen-bond acceptors (Lipinski definition) is 2. The molecule has 0 spiro atoms. The molecule has 1 aliphatic carbocycles. The van der Waals surface area contributed by atoms with Crippen LogP contribution >= 0.6 is 0 Å². The van der Waals surface area contributed by atoms with Gasteiger partial charge in [-0.25, -0.2) is 9.97 Å². The number of rotatable bonds is 4. The molecule has 0 unspecified atom stereocenters. The van der Waals surface area contributed by atoms with Crippen molar-refractivity contribution < 1.29 is 0 Å². The second-order valence-corrected chi connectivity index (χ2v) is 10.4. The normalized spacial score (nSPS) is 13.5. The van der Waals surface area contributed by atoms with Crippen LogP contribution in [0.4, 0.5) is 0 Å². The number of aryl methyl sites for hydroxylation is 1. The Kier molecular flexibility index (Phi) is 6.26. The van der Waals surface area contributed by atoms with Crippen molar-refractivity contribution in [2.45, 2.75) is 38.5 Å². The lowest BCUT2D eigenvalue weighted by atomic mass is 9.96. The molecule has 0 fully saturated rings. The van der Waals surface area contributed by atoms with Gasteiger partial charge in [-0.1, -0.05) is 104 Å². The molecule has 4 aromatic carbocycles. The highest BCUT2D eigenvalue weighted by Gasteiger charge is 2.19. The summed E-state index contributed by atoms with van der Waals surface area (Å²) in [5, 5.41) is 1.41. The van der Waals surface area contributed by atoms with Crippen LogP contribution in [0.25, 0.3) is 50.5 Å². The molecule has 6 aromatic rings. The quantitative estimate of drug-likeness (QED) is 0.239. The predicted molar refractivity (Wildman–Crippen MR) is 161 cm³/mol. The summed E-state index contributed by atoms with van der Waals surface area (Å²) in [6.45, 7) is 0. The van der Waals surface area contributed by atoms with Crippen LogP contribution in [0, 0.1) is 0 Å². The van der Waals surface area contributed by atoms with Crippen LogP contribution < -0.4 is 0 Å². The Morgan fingerprint density at radius 1 is 0.513 bits per heavy atom. The molecule has 0 amide bonds. The molecule has 0 atom stereocenters. The first-order valence-electron chi connectivity index (χ1n) is 14.1. The van der Waals surface area contributed by atoms with Crippen LogP contribution in [0.1, 0.15) is 36.9 Å². The minimum absolute atomic E-state index is 0.744. The van der Waals surface area contributed by atoms with E-state index >= 15 is 0 Å². The van der Waals surface area contributed by atoms with Gasteiger partial charge < -0.3 is 4.57 Å². The molecule has 0 radical (unpaired) electrons. The molecule has 3 nitrogen and oxygen atoms in total. The molecular formula is C36H31N3. The van der Waals surface area contributed by atoms with Crippen LogP contribution in [0.5, 0.6) is 0 Å². The Morgan fingerprint density at radius 2 is 1.10 bits per heavy atom. The molecule has 2 heterocycles. The third kappa shape index (κ3) is 4.55. The molecule has 0 aliphatic heterocycles. The van der Waals surface area contributed by atoms with E-state index < -0.39 is 0 Å². The Bertz CT molecular complexity index is 1670. The van der Waals surface area contributed by atoms with E-state index in [9.17, 15) is 0 Å². The molecule has 0 saturated heterocycles. The van der Waals surface area contributed by atoms with E-state index in [2.05, 4.69) is 95.6 Å². The fraction of sp³-hybridized carbons (Fsp3) is 0.167. The van der Waals surface area contributed by atoms with Gasteiger partial charge in [-0.3, -0.25) is 0 Å². The minimum atomic E-state index is 0.744. The number of hydrogen-bond donors (Lipinski definition) is 0. The van der Waals surface area contributed by atoms with Crippen molar-refractivity contribution in [3.63, 3.8) is 0 Å². The number of fused-ring (bicyclic) bond motifs is 3. The lowest BCUT2D eigenvalue weighted by molar-refractivity contribution is 0.608. The highest BCUT2D eigenvalue weighted by Crippen LogP contribution is 2.34. The predicted octanol–water partition coefficient (Wildman–Crippen LogP) is 9.08. The summed E-state index contributed by atoms with van der Waals surface area (Å²) >= 11 is 0. The zero-order valence-corrected chi connectivity index (χ0v) is 22.1. The topological polar surface area (TPSA) is 30.7 Å². The summed E-state index contributed by atoms with van der Waals surface area (Å²) in [5.74, 6) is 0.744.